The van der Waals surface area contributed by atoms with E-state index in [4.69, 9.17) is 9.84 Å². The van der Waals surface area contributed by atoms with Gasteiger partial charge in [0, 0.05) is 49.0 Å². The van der Waals surface area contributed by atoms with Gasteiger partial charge in [0.1, 0.15) is 0 Å². The monoisotopic (exact) mass is 404 g/mol. The van der Waals surface area contributed by atoms with Gasteiger partial charge < -0.3 is 10.1 Å². The summed E-state index contributed by atoms with van der Waals surface area (Å²) in [6.45, 7) is 10.8. The topological polar surface area (TPSA) is 42.3 Å². The number of morpholine rings is 1. The molecule has 3 aromatic rings. The summed E-state index contributed by atoms with van der Waals surface area (Å²) in [6, 6.07) is 21.0. The third kappa shape index (κ3) is 5.17. The highest BCUT2D eigenvalue weighted by Crippen LogP contribution is 2.23. The zero-order chi connectivity index (χ0) is 20.8. The van der Waals surface area contributed by atoms with E-state index in [1.165, 1.54) is 11.1 Å². The lowest BCUT2D eigenvalue weighted by molar-refractivity contribution is -0.00966. The number of rotatable bonds is 8. The Labute approximate surface area is 179 Å². The molecule has 0 amide bonds. The summed E-state index contributed by atoms with van der Waals surface area (Å²) in [5.74, 6) is 0. The Morgan fingerprint density at radius 2 is 1.63 bits per heavy atom. The van der Waals surface area contributed by atoms with Gasteiger partial charge in [0.05, 0.1) is 25.5 Å². The molecule has 2 heterocycles. The molecular formula is C25H32N4O. The first-order chi connectivity index (χ1) is 14.6. The van der Waals surface area contributed by atoms with Crippen LogP contribution in [0.3, 0.4) is 0 Å². The number of nitrogens with zero attached hydrogens (tertiary/aromatic N) is 3. The van der Waals surface area contributed by atoms with Gasteiger partial charge >= 0.3 is 0 Å². The van der Waals surface area contributed by atoms with Crippen molar-refractivity contribution in [2.45, 2.75) is 32.5 Å². The van der Waals surface area contributed by atoms with Crippen LogP contribution in [-0.4, -0.2) is 53.1 Å². The molecule has 4 rings (SSSR count). The SMILES string of the molecule is CC(C)(CNCc1cn(Cc2ccccc2)nc1-c1ccccc1)N1CCOCC1. The highest BCUT2D eigenvalue weighted by atomic mass is 16.5. The number of aromatic nitrogens is 2. The molecule has 0 saturated carbocycles. The van der Waals surface area contributed by atoms with E-state index in [0.717, 1.165) is 57.2 Å². The molecule has 2 aromatic carbocycles. The van der Waals surface area contributed by atoms with E-state index in [9.17, 15) is 0 Å². The predicted octanol–water partition coefficient (Wildman–Crippen LogP) is 3.80. The summed E-state index contributed by atoms with van der Waals surface area (Å²) in [5.41, 5.74) is 4.80. The van der Waals surface area contributed by atoms with Crippen molar-refractivity contribution < 1.29 is 4.74 Å². The molecule has 0 spiro atoms. The lowest BCUT2D eigenvalue weighted by Gasteiger charge is -2.41. The summed E-state index contributed by atoms with van der Waals surface area (Å²) in [4.78, 5) is 2.51. The summed E-state index contributed by atoms with van der Waals surface area (Å²) in [6.07, 6.45) is 2.18. The molecule has 0 radical (unpaired) electrons. The van der Waals surface area contributed by atoms with Crippen LogP contribution >= 0.6 is 0 Å². The first-order valence-corrected chi connectivity index (χ1v) is 10.8. The minimum absolute atomic E-state index is 0.0940. The molecular weight excluding hydrogens is 372 g/mol. The Kier molecular flexibility index (Phi) is 6.62. The van der Waals surface area contributed by atoms with Gasteiger partial charge in [-0.25, -0.2) is 0 Å². The molecule has 158 valence electrons. The largest absolute Gasteiger partial charge is 0.379 e. The molecule has 1 fully saturated rings. The van der Waals surface area contributed by atoms with Crippen molar-refractivity contribution in [1.29, 1.82) is 0 Å². The zero-order valence-corrected chi connectivity index (χ0v) is 18.1. The van der Waals surface area contributed by atoms with Gasteiger partial charge in [-0.15, -0.1) is 0 Å². The van der Waals surface area contributed by atoms with Crippen LogP contribution in [0.4, 0.5) is 0 Å². The minimum Gasteiger partial charge on any atom is -0.379 e. The fraction of sp³-hybridized carbons (Fsp3) is 0.400. The lowest BCUT2D eigenvalue weighted by Crippen LogP contribution is -2.54. The van der Waals surface area contributed by atoms with E-state index >= 15 is 0 Å². The molecule has 1 aromatic heterocycles. The van der Waals surface area contributed by atoms with Crippen LogP contribution in [0.5, 0.6) is 0 Å². The zero-order valence-electron chi connectivity index (χ0n) is 18.1. The summed E-state index contributed by atoms with van der Waals surface area (Å²) in [5, 5.41) is 8.62. The van der Waals surface area contributed by atoms with Gasteiger partial charge in [0.25, 0.3) is 0 Å². The molecule has 1 aliphatic heterocycles. The second-order valence-electron chi connectivity index (χ2n) is 8.57. The third-order valence-electron chi connectivity index (χ3n) is 5.81. The molecule has 1 saturated heterocycles. The Morgan fingerprint density at radius 1 is 0.967 bits per heavy atom. The molecule has 30 heavy (non-hydrogen) atoms. The molecule has 0 aliphatic carbocycles. The van der Waals surface area contributed by atoms with Gasteiger partial charge in [-0.1, -0.05) is 60.7 Å². The maximum Gasteiger partial charge on any atom is 0.0968 e. The summed E-state index contributed by atoms with van der Waals surface area (Å²) >= 11 is 0. The van der Waals surface area contributed by atoms with Crippen molar-refractivity contribution >= 4 is 0 Å². The standard InChI is InChI=1S/C25H32N4O/c1-25(2,28-13-15-30-16-14-28)20-26-17-23-19-29(18-21-9-5-3-6-10-21)27-24(23)22-11-7-4-8-12-22/h3-12,19,26H,13-18,20H2,1-2H3. The van der Waals surface area contributed by atoms with Crippen LogP contribution in [0.25, 0.3) is 11.3 Å². The number of ether oxygens (including phenoxy) is 1. The second kappa shape index (κ2) is 9.56. The molecule has 5 heteroatoms. The van der Waals surface area contributed by atoms with Crippen LogP contribution in [0.15, 0.2) is 66.9 Å². The molecule has 0 unspecified atom stereocenters. The van der Waals surface area contributed by atoms with Gasteiger partial charge in [-0.05, 0) is 19.4 Å². The van der Waals surface area contributed by atoms with Crippen molar-refractivity contribution in [2.75, 3.05) is 32.8 Å². The van der Waals surface area contributed by atoms with Crippen molar-refractivity contribution in [1.82, 2.24) is 20.0 Å². The van der Waals surface area contributed by atoms with Crippen molar-refractivity contribution in [2.24, 2.45) is 0 Å². The van der Waals surface area contributed by atoms with Gasteiger partial charge in [0.15, 0.2) is 0 Å². The highest BCUT2D eigenvalue weighted by molar-refractivity contribution is 5.62. The smallest absolute Gasteiger partial charge is 0.0968 e. The van der Waals surface area contributed by atoms with E-state index in [-0.39, 0.29) is 5.54 Å². The molecule has 5 nitrogen and oxygen atoms in total. The first-order valence-electron chi connectivity index (χ1n) is 10.8. The Hall–Kier alpha value is -2.47. The fourth-order valence-corrected chi connectivity index (χ4v) is 4.07. The third-order valence-corrected chi connectivity index (χ3v) is 5.81. The van der Waals surface area contributed by atoms with Gasteiger partial charge in [-0.3, -0.25) is 9.58 Å². The minimum atomic E-state index is 0.0940. The normalized spacial score (nSPS) is 15.4. The average Bonchev–Trinajstić information content (AvgIpc) is 3.18. The maximum atomic E-state index is 5.51. The number of nitrogens with one attached hydrogen (secondary N) is 1. The number of hydrogen-bond acceptors (Lipinski definition) is 4. The Balaban J connectivity index is 1.48. The van der Waals surface area contributed by atoms with Crippen LogP contribution in [0.2, 0.25) is 0 Å². The molecule has 0 atom stereocenters. The summed E-state index contributed by atoms with van der Waals surface area (Å²) < 4.78 is 7.57. The van der Waals surface area contributed by atoms with E-state index in [1.54, 1.807) is 0 Å². The van der Waals surface area contributed by atoms with Gasteiger partial charge in [0.2, 0.25) is 0 Å². The Morgan fingerprint density at radius 3 is 2.33 bits per heavy atom. The highest BCUT2D eigenvalue weighted by Gasteiger charge is 2.27. The van der Waals surface area contributed by atoms with Crippen LogP contribution in [-0.2, 0) is 17.8 Å². The first kappa shape index (κ1) is 20.8. The summed E-state index contributed by atoms with van der Waals surface area (Å²) in [7, 11) is 0. The van der Waals surface area contributed by atoms with Crippen molar-refractivity contribution in [3.63, 3.8) is 0 Å². The molecule has 1 N–H and O–H groups in total. The Bertz CT molecular complexity index is 915. The van der Waals surface area contributed by atoms with Gasteiger partial charge in [-0.2, -0.15) is 5.10 Å². The quantitative estimate of drug-likeness (QED) is 0.620. The van der Waals surface area contributed by atoms with Crippen molar-refractivity contribution in [3.8, 4) is 11.3 Å². The van der Waals surface area contributed by atoms with E-state index in [0.29, 0.717) is 0 Å². The van der Waals surface area contributed by atoms with E-state index in [2.05, 4.69) is 83.5 Å². The van der Waals surface area contributed by atoms with Crippen LogP contribution in [0.1, 0.15) is 25.0 Å². The number of hydrogen-bond donors (Lipinski definition) is 1. The van der Waals surface area contributed by atoms with E-state index < -0.39 is 0 Å². The lowest BCUT2D eigenvalue weighted by atomic mass is 10.0. The second-order valence-corrected chi connectivity index (χ2v) is 8.57. The number of benzene rings is 2. The van der Waals surface area contributed by atoms with Crippen molar-refractivity contribution in [3.05, 3.63) is 78.0 Å². The van der Waals surface area contributed by atoms with Crippen LogP contribution in [0, 0.1) is 0 Å². The molecule has 1 aliphatic rings. The van der Waals surface area contributed by atoms with Crippen LogP contribution < -0.4 is 5.32 Å². The fourth-order valence-electron chi connectivity index (χ4n) is 4.07. The maximum absolute atomic E-state index is 5.51. The molecule has 0 bridgehead atoms. The average molecular weight is 405 g/mol. The van der Waals surface area contributed by atoms with E-state index in [1.807, 2.05) is 12.1 Å². The predicted molar refractivity (Wildman–Crippen MR) is 121 cm³/mol.